The SMILES string of the molecule is COCOCC(C)(C)NCC(=O)N1CCCC1C(=O)c1nnc(C2CCCCC2)o1. The van der Waals surface area contributed by atoms with E-state index in [2.05, 4.69) is 15.5 Å². The van der Waals surface area contributed by atoms with E-state index in [1.165, 1.54) is 6.42 Å². The fraction of sp³-hybridized carbons (Fsp3) is 0.810. The number of ether oxygens (including phenoxy) is 2. The molecule has 2 heterocycles. The predicted octanol–water partition coefficient (Wildman–Crippen LogP) is 2.28. The van der Waals surface area contributed by atoms with Gasteiger partial charge in [0.05, 0.1) is 13.2 Å². The molecule has 1 N–H and O–H groups in total. The number of carbonyl (C=O) groups excluding carboxylic acids is 2. The molecule has 1 saturated heterocycles. The molecule has 9 nitrogen and oxygen atoms in total. The third-order valence-corrected chi connectivity index (χ3v) is 5.86. The van der Waals surface area contributed by atoms with Crippen LogP contribution >= 0.6 is 0 Å². The van der Waals surface area contributed by atoms with Crippen molar-refractivity contribution in [3.63, 3.8) is 0 Å². The molecular weight excluding hydrogens is 388 g/mol. The fourth-order valence-electron chi connectivity index (χ4n) is 4.18. The number of likely N-dealkylation sites (tertiary alicyclic amines) is 1. The van der Waals surface area contributed by atoms with Crippen LogP contribution in [-0.2, 0) is 14.3 Å². The summed E-state index contributed by atoms with van der Waals surface area (Å²) in [6.45, 7) is 5.20. The lowest BCUT2D eigenvalue weighted by molar-refractivity contribution is -0.131. The summed E-state index contributed by atoms with van der Waals surface area (Å²) in [4.78, 5) is 27.4. The normalized spacial score (nSPS) is 20.6. The van der Waals surface area contributed by atoms with Gasteiger partial charge in [0, 0.05) is 25.1 Å². The molecule has 0 spiro atoms. The summed E-state index contributed by atoms with van der Waals surface area (Å²) in [5.41, 5.74) is -0.394. The molecule has 1 aromatic rings. The van der Waals surface area contributed by atoms with Gasteiger partial charge >= 0.3 is 0 Å². The Bertz CT molecular complexity index is 714. The van der Waals surface area contributed by atoms with Crippen LogP contribution in [0, 0.1) is 0 Å². The van der Waals surface area contributed by atoms with Crippen molar-refractivity contribution in [3.8, 4) is 0 Å². The van der Waals surface area contributed by atoms with Crippen LogP contribution < -0.4 is 5.32 Å². The van der Waals surface area contributed by atoms with Crippen molar-refractivity contribution in [2.45, 2.75) is 76.3 Å². The summed E-state index contributed by atoms with van der Waals surface area (Å²) in [6, 6.07) is -0.535. The summed E-state index contributed by atoms with van der Waals surface area (Å²) in [6.07, 6.45) is 7.00. The van der Waals surface area contributed by atoms with Gasteiger partial charge in [-0.1, -0.05) is 19.3 Å². The Morgan fingerprint density at radius 1 is 1.17 bits per heavy atom. The zero-order valence-electron chi connectivity index (χ0n) is 18.3. The molecule has 168 valence electrons. The minimum atomic E-state index is -0.535. The van der Waals surface area contributed by atoms with E-state index in [0.29, 0.717) is 25.5 Å². The summed E-state index contributed by atoms with van der Waals surface area (Å²) >= 11 is 0. The third kappa shape index (κ3) is 5.86. The lowest BCUT2D eigenvalue weighted by Gasteiger charge is -2.28. The second kappa shape index (κ2) is 10.5. The Morgan fingerprint density at radius 2 is 1.93 bits per heavy atom. The smallest absolute Gasteiger partial charge is 0.286 e. The van der Waals surface area contributed by atoms with Gasteiger partial charge in [0.1, 0.15) is 12.8 Å². The molecule has 0 radical (unpaired) electrons. The Labute approximate surface area is 177 Å². The van der Waals surface area contributed by atoms with Crippen LogP contribution in [0.4, 0.5) is 0 Å². The van der Waals surface area contributed by atoms with Gasteiger partial charge in [-0.2, -0.15) is 0 Å². The zero-order valence-corrected chi connectivity index (χ0v) is 18.3. The Kier molecular flexibility index (Phi) is 7.96. The van der Waals surface area contributed by atoms with E-state index in [4.69, 9.17) is 13.9 Å². The Balaban J connectivity index is 1.56. The van der Waals surface area contributed by atoms with Crippen molar-refractivity contribution in [1.29, 1.82) is 0 Å². The van der Waals surface area contributed by atoms with Gasteiger partial charge in [0.2, 0.25) is 17.6 Å². The predicted molar refractivity (Wildman–Crippen MR) is 109 cm³/mol. The number of carbonyl (C=O) groups is 2. The number of methoxy groups -OCH3 is 1. The second-order valence-corrected chi connectivity index (χ2v) is 8.88. The fourth-order valence-corrected chi connectivity index (χ4v) is 4.18. The van der Waals surface area contributed by atoms with Crippen LogP contribution in [0.1, 0.15) is 81.3 Å². The minimum absolute atomic E-state index is 0.0292. The molecule has 2 aliphatic rings. The van der Waals surface area contributed by atoms with E-state index in [1.54, 1.807) is 12.0 Å². The lowest BCUT2D eigenvalue weighted by Crippen LogP contribution is -2.51. The molecule has 0 bridgehead atoms. The van der Waals surface area contributed by atoms with Gasteiger partial charge in [-0.05, 0) is 39.5 Å². The van der Waals surface area contributed by atoms with Crippen LogP contribution in [0.25, 0.3) is 0 Å². The number of hydrogen-bond donors (Lipinski definition) is 1. The molecule has 2 fully saturated rings. The van der Waals surface area contributed by atoms with E-state index in [-0.39, 0.29) is 36.8 Å². The van der Waals surface area contributed by atoms with Crippen LogP contribution in [0.5, 0.6) is 0 Å². The van der Waals surface area contributed by atoms with Gasteiger partial charge in [0.15, 0.2) is 0 Å². The van der Waals surface area contributed by atoms with Crippen molar-refractivity contribution in [2.24, 2.45) is 0 Å². The maximum Gasteiger partial charge on any atom is 0.286 e. The molecule has 0 aromatic carbocycles. The maximum atomic E-state index is 13.0. The average Bonchev–Trinajstić information content (AvgIpc) is 3.42. The second-order valence-electron chi connectivity index (χ2n) is 8.88. The number of nitrogens with one attached hydrogen (secondary N) is 1. The van der Waals surface area contributed by atoms with Crippen molar-refractivity contribution in [3.05, 3.63) is 11.8 Å². The molecule has 1 atom stereocenters. The summed E-state index contributed by atoms with van der Waals surface area (Å²) in [5.74, 6) is 0.478. The molecule has 1 aliphatic carbocycles. The first-order valence-corrected chi connectivity index (χ1v) is 10.9. The van der Waals surface area contributed by atoms with Crippen LogP contribution in [0.15, 0.2) is 4.42 Å². The van der Waals surface area contributed by atoms with Gasteiger partial charge in [-0.15, -0.1) is 10.2 Å². The quantitative estimate of drug-likeness (QED) is 0.348. The van der Waals surface area contributed by atoms with Crippen LogP contribution in [0.3, 0.4) is 0 Å². The summed E-state index contributed by atoms with van der Waals surface area (Å²) < 4.78 is 16.0. The van der Waals surface area contributed by atoms with E-state index in [1.807, 2.05) is 13.8 Å². The van der Waals surface area contributed by atoms with Crippen LogP contribution in [-0.4, -0.2) is 72.0 Å². The first-order valence-electron chi connectivity index (χ1n) is 10.9. The molecule has 9 heteroatoms. The number of rotatable bonds is 10. The van der Waals surface area contributed by atoms with Gasteiger partial charge in [-0.25, -0.2) is 0 Å². The summed E-state index contributed by atoms with van der Waals surface area (Å²) in [7, 11) is 1.57. The minimum Gasteiger partial charge on any atom is -0.418 e. The number of hydrogen-bond acceptors (Lipinski definition) is 8. The van der Waals surface area contributed by atoms with E-state index >= 15 is 0 Å². The van der Waals surface area contributed by atoms with E-state index < -0.39 is 11.6 Å². The zero-order chi connectivity index (χ0) is 21.6. The number of ketones is 1. The molecular formula is C21H34N4O5. The van der Waals surface area contributed by atoms with Crippen molar-refractivity contribution in [1.82, 2.24) is 20.4 Å². The van der Waals surface area contributed by atoms with Gasteiger partial charge in [-0.3, -0.25) is 9.59 Å². The maximum absolute atomic E-state index is 13.0. The highest BCUT2D eigenvalue weighted by molar-refractivity contribution is 5.98. The average molecular weight is 423 g/mol. The van der Waals surface area contributed by atoms with Crippen molar-refractivity contribution < 1.29 is 23.5 Å². The molecule has 1 aromatic heterocycles. The van der Waals surface area contributed by atoms with Gasteiger partial charge in [0.25, 0.3) is 5.89 Å². The Hall–Kier alpha value is -1.84. The number of Topliss-reactive ketones (excluding diaryl/α,β-unsaturated/α-hetero) is 1. The highest BCUT2D eigenvalue weighted by Gasteiger charge is 2.37. The molecule has 30 heavy (non-hydrogen) atoms. The van der Waals surface area contributed by atoms with E-state index in [9.17, 15) is 9.59 Å². The molecule has 1 aliphatic heterocycles. The highest BCUT2D eigenvalue weighted by atomic mass is 16.7. The molecule has 1 saturated carbocycles. The highest BCUT2D eigenvalue weighted by Crippen LogP contribution is 2.32. The number of aromatic nitrogens is 2. The van der Waals surface area contributed by atoms with Crippen LogP contribution in [0.2, 0.25) is 0 Å². The van der Waals surface area contributed by atoms with Crippen molar-refractivity contribution >= 4 is 11.7 Å². The first-order chi connectivity index (χ1) is 14.4. The lowest BCUT2D eigenvalue weighted by atomic mass is 9.89. The Morgan fingerprint density at radius 3 is 2.67 bits per heavy atom. The van der Waals surface area contributed by atoms with Gasteiger partial charge < -0.3 is 24.1 Å². The third-order valence-electron chi connectivity index (χ3n) is 5.86. The molecule has 1 unspecified atom stereocenters. The summed E-state index contributed by atoms with van der Waals surface area (Å²) in [5, 5.41) is 11.3. The molecule has 3 rings (SSSR count). The number of nitrogens with zero attached hydrogens (tertiary/aromatic N) is 3. The number of amides is 1. The van der Waals surface area contributed by atoms with E-state index in [0.717, 1.165) is 32.1 Å². The van der Waals surface area contributed by atoms with Crippen molar-refractivity contribution in [2.75, 3.05) is 33.6 Å². The first kappa shape index (κ1) is 22.8. The standard InChI is InChI=1S/C21H34N4O5/c1-21(2,13-29-14-28-3)22-12-17(26)25-11-7-10-16(25)18(27)20-24-23-19(30-20)15-8-5-4-6-9-15/h15-16,22H,4-14H2,1-3H3. The molecule has 1 amide bonds. The topological polar surface area (TPSA) is 107 Å². The monoisotopic (exact) mass is 422 g/mol. The largest absolute Gasteiger partial charge is 0.418 e.